The Bertz CT molecular complexity index is 1180. The van der Waals surface area contributed by atoms with Crippen molar-refractivity contribution < 1.29 is 95.3 Å². The van der Waals surface area contributed by atoms with E-state index >= 15 is 0 Å². The summed E-state index contributed by atoms with van der Waals surface area (Å²) in [6, 6.07) is 5.42. The van der Waals surface area contributed by atoms with E-state index in [2.05, 4.69) is 9.98 Å². The van der Waals surface area contributed by atoms with Crippen LogP contribution >= 0.6 is 0 Å². The van der Waals surface area contributed by atoms with E-state index in [1.807, 2.05) is 0 Å². The predicted octanol–water partition coefficient (Wildman–Crippen LogP) is -4.82. The molecule has 2 atom stereocenters. The summed E-state index contributed by atoms with van der Waals surface area (Å²) in [6.07, 6.45) is 5.48. The summed E-state index contributed by atoms with van der Waals surface area (Å²) >= 11 is 0. The molecule has 0 aliphatic heterocycles. The SMILES string of the molecule is O=S(=O)(O)c1ccc([O-])c(C=N[C@@H]2CCCC[C@H]2N=Cc2cc(S(=O)(=O)O)ccc2[O-])c1.[Na+].[Na+]. The minimum atomic E-state index is -4.47. The largest absolute Gasteiger partial charge is 1.00 e. The molecule has 1 saturated carbocycles. The molecular weight excluding hydrogens is 506 g/mol. The molecular formula is C20H20N2Na2O8S2. The van der Waals surface area contributed by atoms with Crippen molar-refractivity contribution in [3.8, 4) is 11.5 Å². The molecule has 3 rings (SSSR count). The van der Waals surface area contributed by atoms with Crippen molar-refractivity contribution in [3.05, 3.63) is 47.5 Å². The molecule has 34 heavy (non-hydrogen) atoms. The van der Waals surface area contributed by atoms with Crippen molar-refractivity contribution in [2.24, 2.45) is 9.98 Å². The van der Waals surface area contributed by atoms with Gasteiger partial charge in [-0.15, -0.1) is 0 Å². The fraction of sp³-hybridized carbons (Fsp3) is 0.300. The zero-order valence-electron chi connectivity index (χ0n) is 18.7. The summed E-state index contributed by atoms with van der Waals surface area (Å²) in [5, 5.41) is 24.0. The minimum Gasteiger partial charge on any atom is -0.872 e. The molecule has 0 spiro atoms. The van der Waals surface area contributed by atoms with Gasteiger partial charge >= 0.3 is 59.1 Å². The van der Waals surface area contributed by atoms with Crippen LogP contribution in [0, 0.1) is 0 Å². The van der Waals surface area contributed by atoms with Gasteiger partial charge in [-0.1, -0.05) is 36.5 Å². The molecule has 10 nitrogen and oxygen atoms in total. The third-order valence-corrected chi connectivity index (χ3v) is 6.76. The third-order valence-electron chi connectivity index (χ3n) is 5.06. The van der Waals surface area contributed by atoms with Crippen LogP contribution in [0.2, 0.25) is 0 Å². The van der Waals surface area contributed by atoms with Gasteiger partial charge < -0.3 is 10.2 Å². The first kappa shape index (κ1) is 31.2. The first-order valence-corrected chi connectivity index (χ1v) is 12.5. The van der Waals surface area contributed by atoms with E-state index in [0.717, 1.165) is 49.2 Å². The molecule has 0 aromatic heterocycles. The Morgan fingerprint density at radius 2 is 1.09 bits per heavy atom. The smallest absolute Gasteiger partial charge is 0.872 e. The predicted molar refractivity (Wildman–Crippen MR) is 113 cm³/mol. The molecule has 0 amide bonds. The Morgan fingerprint density at radius 1 is 0.735 bits per heavy atom. The van der Waals surface area contributed by atoms with E-state index in [4.69, 9.17) is 9.11 Å². The van der Waals surface area contributed by atoms with Gasteiger partial charge in [-0.3, -0.25) is 19.1 Å². The van der Waals surface area contributed by atoms with E-state index in [0.29, 0.717) is 12.8 Å². The molecule has 1 fully saturated rings. The second-order valence-electron chi connectivity index (χ2n) is 7.32. The molecule has 2 aromatic rings. The first-order valence-electron chi connectivity index (χ1n) is 9.58. The second kappa shape index (κ2) is 12.9. The molecule has 1 aliphatic carbocycles. The Labute approximate surface area is 242 Å². The van der Waals surface area contributed by atoms with Crippen LogP contribution in [0.5, 0.6) is 11.5 Å². The van der Waals surface area contributed by atoms with Gasteiger partial charge in [0.1, 0.15) is 0 Å². The van der Waals surface area contributed by atoms with Crippen LogP contribution in [0.3, 0.4) is 0 Å². The molecule has 0 unspecified atom stereocenters. The van der Waals surface area contributed by atoms with E-state index in [9.17, 15) is 27.0 Å². The summed E-state index contributed by atoms with van der Waals surface area (Å²) in [5.41, 5.74) is -0.00717. The molecule has 14 heteroatoms. The number of rotatable bonds is 6. The summed E-state index contributed by atoms with van der Waals surface area (Å²) in [7, 11) is -8.94. The second-order valence-corrected chi connectivity index (χ2v) is 10.2. The van der Waals surface area contributed by atoms with E-state index in [1.54, 1.807) is 0 Å². The minimum absolute atomic E-state index is 0. The van der Waals surface area contributed by atoms with Crippen LogP contribution in [0.1, 0.15) is 36.8 Å². The van der Waals surface area contributed by atoms with Gasteiger partial charge in [0, 0.05) is 12.4 Å². The van der Waals surface area contributed by atoms with Gasteiger partial charge in [0.05, 0.1) is 21.9 Å². The molecule has 172 valence electrons. The van der Waals surface area contributed by atoms with Crippen LogP contribution in [0.4, 0.5) is 0 Å². The van der Waals surface area contributed by atoms with Crippen LogP contribution in [0.25, 0.3) is 0 Å². The summed E-state index contributed by atoms with van der Waals surface area (Å²) in [5.74, 6) is -0.926. The standard InChI is InChI=1S/C20H22N2O8S2.2Na/c23-19-7-5-15(31(25,26)27)9-13(19)11-21-17-3-1-2-4-18(17)22-12-14-10-16(32(28,29)30)6-8-20(14)24;;/h5-12,17-18,23-24H,1-4H2,(H,25,26,27)(H,28,29,30);;/q;2*+1/p-2/t17-,18-;;/m1../s1. The fourth-order valence-corrected chi connectivity index (χ4v) is 4.40. The molecule has 2 N–H and O–H groups in total. The van der Waals surface area contributed by atoms with Crippen LogP contribution in [0.15, 0.2) is 56.2 Å². The Morgan fingerprint density at radius 3 is 1.41 bits per heavy atom. The summed E-state index contributed by atoms with van der Waals surface area (Å²) in [6.45, 7) is 0. The average molecular weight is 527 g/mol. The number of hydrogen-bond acceptors (Lipinski definition) is 8. The topological polar surface area (TPSA) is 180 Å². The monoisotopic (exact) mass is 526 g/mol. The maximum atomic E-state index is 12.0. The Kier molecular flexibility index (Phi) is 11.9. The van der Waals surface area contributed by atoms with Crippen molar-refractivity contribution >= 4 is 32.7 Å². The molecule has 0 saturated heterocycles. The van der Waals surface area contributed by atoms with E-state index in [1.165, 1.54) is 12.4 Å². The maximum absolute atomic E-state index is 12.0. The fourth-order valence-electron chi connectivity index (χ4n) is 3.37. The van der Waals surface area contributed by atoms with Gasteiger partial charge in [-0.25, -0.2) is 0 Å². The van der Waals surface area contributed by atoms with Gasteiger partial charge in [0.25, 0.3) is 20.2 Å². The van der Waals surface area contributed by atoms with Crippen molar-refractivity contribution in [2.45, 2.75) is 47.6 Å². The number of nitrogens with zero attached hydrogens (tertiary/aromatic N) is 2. The number of hydrogen-bond donors (Lipinski definition) is 2. The molecule has 2 aromatic carbocycles. The van der Waals surface area contributed by atoms with E-state index < -0.39 is 41.5 Å². The molecule has 0 bridgehead atoms. The van der Waals surface area contributed by atoms with Crippen molar-refractivity contribution in [1.82, 2.24) is 0 Å². The number of benzene rings is 2. The van der Waals surface area contributed by atoms with Gasteiger partial charge in [0.15, 0.2) is 0 Å². The van der Waals surface area contributed by atoms with Crippen molar-refractivity contribution in [2.75, 3.05) is 0 Å². The summed E-state index contributed by atoms with van der Waals surface area (Å²) < 4.78 is 63.5. The molecule has 1 aliphatic rings. The zero-order valence-corrected chi connectivity index (χ0v) is 24.3. The van der Waals surface area contributed by atoms with Crippen molar-refractivity contribution in [3.63, 3.8) is 0 Å². The Hall–Kier alpha value is -0.800. The zero-order chi connectivity index (χ0) is 23.5. The third kappa shape index (κ3) is 8.40. The summed E-state index contributed by atoms with van der Waals surface area (Å²) in [4.78, 5) is 7.93. The normalized spacial score (nSPS) is 19.0. The first-order chi connectivity index (χ1) is 14.9. The van der Waals surface area contributed by atoms with Gasteiger partial charge in [-0.05, 0) is 48.2 Å². The van der Waals surface area contributed by atoms with Gasteiger partial charge in [0.2, 0.25) is 0 Å². The quantitative estimate of drug-likeness (QED) is 0.214. The number of aliphatic imine (C=N–C) groups is 2. The average Bonchev–Trinajstić information content (AvgIpc) is 2.71. The Balaban J connectivity index is 0.00000289. The van der Waals surface area contributed by atoms with Gasteiger partial charge in [-0.2, -0.15) is 16.8 Å². The van der Waals surface area contributed by atoms with Crippen LogP contribution < -0.4 is 69.3 Å². The van der Waals surface area contributed by atoms with E-state index in [-0.39, 0.29) is 82.3 Å². The molecule has 0 heterocycles. The maximum Gasteiger partial charge on any atom is 1.00 e. The van der Waals surface area contributed by atoms with Crippen LogP contribution in [-0.2, 0) is 20.2 Å². The van der Waals surface area contributed by atoms with Crippen molar-refractivity contribution in [1.29, 1.82) is 0 Å². The van der Waals surface area contributed by atoms with Crippen LogP contribution in [-0.4, -0.2) is 50.5 Å². The molecule has 0 radical (unpaired) electrons.